The Kier molecular flexibility index (Phi) is 4.88. The van der Waals surface area contributed by atoms with Crippen LogP contribution in [0.5, 0.6) is 5.75 Å². The Morgan fingerprint density at radius 2 is 2.04 bits per heavy atom. The molecule has 2 amide bonds. The van der Waals surface area contributed by atoms with Gasteiger partial charge in [-0.2, -0.15) is 0 Å². The van der Waals surface area contributed by atoms with Crippen LogP contribution in [0, 0.1) is 0 Å². The zero-order valence-corrected chi connectivity index (χ0v) is 14.5. The maximum absolute atomic E-state index is 12.5. The topological polar surface area (TPSA) is 122 Å². The van der Waals surface area contributed by atoms with Gasteiger partial charge in [-0.3, -0.25) is 14.4 Å². The summed E-state index contributed by atoms with van der Waals surface area (Å²) in [6, 6.07) is 7.09. The SMILES string of the molecule is COC1(NC(=O)COc2ccccc2)C(=O)N2C(C(=O)O)C(=O)CS[C@H]21. The highest BCUT2D eigenvalue weighted by molar-refractivity contribution is 8.00. The number of fused-ring (bicyclic) bond motifs is 1. The second-order valence-corrected chi connectivity index (χ2v) is 6.74. The number of hydrogen-bond acceptors (Lipinski definition) is 7. The summed E-state index contributed by atoms with van der Waals surface area (Å²) in [6.07, 6.45) is 0. The zero-order valence-electron chi connectivity index (χ0n) is 13.7. The zero-order chi connectivity index (χ0) is 18.9. The van der Waals surface area contributed by atoms with Crippen LogP contribution in [0.15, 0.2) is 30.3 Å². The number of para-hydroxylation sites is 1. The fourth-order valence-electron chi connectivity index (χ4n) is 2.90. The van der Waals surface area contributed by atoms with Gasteiger partial charge in [-0.1, -0.05) is 18.2 Å². The molecule has 2 saturated heterocycles. The highest BCUT2D eigenvalue weighted by Crippen LogP contribution is 2.44. The third-order valence-electron chi connectivity index (χ3n) is 4.11. The number of aliphatic carboxylic acids is 1. The molecule has 2 N–H and O–H groups in total. The number of carboxylic acids is 1. The van der Waals surface area contributed by atoms with Crippen molar-refractivity contribution in [2.75, 3.05) is 19.5 Å². The van der Waals surface area contributed by atoms with Gasteiger partial charge in [0.2, 0.25) is 0 Å². The average molecular weight is 380 g/mol. The first-order valence-electron chi connectivity index (χ1n) is 7.64. The van der Waals surface area contributed by atoms with Crippen LogP contribution in [0.1, 0.15) is 0 Å². The molecule has 0 aromatic heterocycles. The van der Waals surface area contributed by atoms with E-state index in [9.17, 15) is 24.3 Å². The summed E-state index contributed by atoms with van der Waals surface area (Å²) in [5.74, 6) is -2.96. The molecule has 26 heavy (non-hydrogen) atoms. The Balaban J connectivity index is 1.70. The molecule has 2 unspecified atom stereocenters. The van der Waals surface area contributed by atoms with E-state index in [0.29, 0.717) is 5.75 Å². The van der Waals surface area contributed by atoms with Gasteiger partial charge in [0.05, 0.1) is 5.75 Å². The monoisotopic (exact) mass is 380 g/mol. The summed E-state index contributed by atoms with van der Waals surface area (Å²) in [7, 11) is 1.24. The van der Waals surface area contributed by atoms with E-state index in [4.69, 9.17) is 9.47 Å². The highest BCUT2D eigenvalue weighted by atomic mass is 32.2. The van der Waals surface area contributed by atoms with Crippen molar-refractivity contribution in [3.05, 3.63) is 30.3 Å². The second kappa shape index (κ2) is 6.96. The first-order chi connectivity index (χ1) is 12.4. The number of carboxylic acid groups (broad SMARTS) is 1. The molecule has 2 heterocycles. The molecular weight excluding hydrogens is 364 g/mol. The Hall–Kier alpha value is -2.59. The van der Waals surface area contributed by atoms with E-state index in [0.717, 1.165) is 16.7 Å². The largest absolute Gasteiger partial charge is 0.484 e. The fourth-order valence-corrected chi connectivity index (χ4v) is 4.25. The molecule has 2 fully saturated rings. The van der Waals surface area contributed by atoms with E-state index in [2.05, 4.69) is 5.32 Å². The van der Waals surface area contributed by atoms with Crippen molar-refractivity contribution in [1.82, 2.24) is 10.2 Å². The average Bonchev–Trinajstić information content (AvgIpc) is 2.64. The number of nitrogens with zero attached hydrogens (tertiary/aromatic N) is 1. The van der Waals surface area contributed by atoms with Crippen LogP contribution in [0.3, 0.4) is 0 Å². The Morgan fingerprint density at radius 1 is 1.35 bits per heavy atom. The molecular formula is C16H16N2O7S. The van der Waals surface area contributed by atoms with Crippen LogP contribution in [-0.2, 0) is 23.9 Å². The molecule has 10 heteroatoms. The van der Waals surface area contributed by atoms with E-state index >= 15 is 0 Å². The highest BCUT2D eigenvalue weighted by Gasteiger charge is 2.68. The lowest BCUT2D eigenvalue weighted by atomic mass is 9.96. The molecule has 0 saturated carbocycles. The number of Topliss-reactive ketones (excluding diaryl/α,β-unsaturated/α-hetero) is 1. The van der Waals surface area contributed by atoms with Crippen LogP contribution >= 0.6 is 11.8 Å². The second-order valence-electron chi connectivity index (χ2n) is 5.67. The van der Waals surface area contributed by atoms with Gasteiger partial charge in [0, 0.05) is 7.11 Å². The minimum absolute atomic E-state index is 0.0904. The third kappa shape index (κ3) is 2.90. The summed E-state index contributed by atoms with van der Waals surface area (Å²) in [5, 5.41) is 10.9. The standard InChI is InChI=1S/C16H16N2O7S/c1-24-16(17-11(20)7-25-9-5-3-2-4-6-9)14(23)18-12(13(21)22)10(19)8-26-15(16)18/h2-6,12,15H,7-8H2,1H3,(H,17,20)(H,21,22)/t12?,15-,16?/m0/s1. The van der Waals surface area contributed by atoms with E-state index in [1.165, 1.54) is 7.11 Å². The fraction of sp³-hybridized carbons (Fsp3) is 0.375. The summed E-state index contributed by atoms with van der Waals surface area (Å²) in [4.78, 5) is 48.8. The first-order valence-corrected chi connectivity index (χ1v) is 8.69. The summed E-state index contributed by atoms with van der Waals surface area (Å²) in [5.41, 5.74) is -1.71. The lowest BCUT2D eigenvalue weighted by Crippen LogP contribution is -2.84. The predicted octanol–water partition coefficient (Wildman–Crippen LogP) is -0.538. The van der Waals surface area contributed by atoms with Crippen LogP contribution < -0.4 is 10.1 Å². The summed E-state index contributed by atoms with van der Waals surface area (Å²) in [6.45, 7) is -0.346. The molecule has 3 rings (SSSR count). The molecule has 3 atom stereocenters. The van der Waals surface area contributed by atoms with Gasteiger partial charge in [-0.05, 0) is 12.1 Å². The number of ketones is 1. The van der Waals surface area contributed by atoms with E-state index in [-0.39, 0.29) is 12.4 Å². The summed E-state index contributed by atoms with van der Waals surface area (Å²) >= 11 is 1.05. The van der Waals surface area contributed by atoms with E-state index in [1.807, 2.05) is 0 Å². The van der Waals surface area contributed by atoms with Crippen molar-refractivity contribution >= 4 is 35.3 Å². The molecule has 0 aliphatic carbocycles. The molecule has 0 bridgehead atoms. The predicted molar refractivity (Wildman–Crippen MR) is 89.3 cm³/mol. The van der Waals surface area contributed by atoms with Crippen molar-refractivity contribution in [2.24, 2.45) is 0 Å². The lowest BCUT2D eigenvalue weighted by Gasteiger charge is -2.57. The number of methoxy groups -OCH3 is 1. The number of thioether (sulfide) groups is 1. The number of ether oxygens (including phenoxy) is 2. The number of carbonyl (C=O) groups excluding carboxylic acids is 3. The molecule has 138 valence electrons. The Morgan fingerprint density at radius 3 is 2.65 bits per heavy atom. The normalized spacial score (nSPS) is 27.3. The van der Waals surface area contributed by atoms with Crippen LogP contribution in [0.2, 0.25) is 0 Å². The molecule has 2 aliphatic heterocycles. The maximum atomic E-state index is 12.5. The van der Waals surface area contributed by atoms with Crippen molar-refractivity contribution in [3.63, 3.8) is 0 Å². The van der Waals surface area contributed by atoms with Gasteiger partial charge < -0.3 is 24.8 Å². The van der Waals surface area contributed by atoms with Crippen LogP contribution in [0.25, 0.3) is 0 Å². The molecule has 1 aromatic carbocycles. The minimum Gasteiger partial charge on any atom is -0.484 e. The number of carbonyl (C=O) groups is 4. The van der Waals surface area contributed by atoms with Gasteiger partial charge in [-0.25, -0.2) is 4.79 Å². The van der Waals surface area contributed by atoms with Gasteiger partial charge in [-0.15, -0.1) is 11.8 Å². The number of β-lactam (4-membered cyclic amide) rings is 1. The lowest BCUT2D eigenvalue weighted by molar-refractivity contribution is -0.204. The van der Waals surface area contributed by atoms with Crippen molar-refractivity contribution in [2.45, 2.75) is 17.1 Å². The minimum atomic E-state index is -1.71. The number of rotatable bonds is 6. The first kappa shape index (κ1) is 18.2. The number of nitrogens with one attached hydrogen (secondary N) is 1. The van der Waals surface area contributed by atoms with Gasteiger partial charge >= 0.3 is 5.97 Å². The molecule has 2 aliphatic rings. The van der Waals surface area contributed by atoms with Crippen molar-refractivity contribution < 1.29 is 33.8 Å². The Bertz CT molecular complexity index is 756. The van der Waals surface area contributed by atoms with Crippen molar-refractivity contribution in [3.8, 4) is 5.75 Å². The van der Waals surface area contributed by atoms with Crippen molar-refractivity contribution in [1.29, 1.82) is 0 Å². The molecule has 9 nitrogen and oxygen atoms in total. The number of hydrogen-bond donors (Lipinski definition) is 2. The van der Waals surface area contributed by atoms with Gasteiger partial charge in [0.15, 0.2) is 18.4 Å². The smallest absolute Gasteiger partial charge is 0.334 e. The maximum Gasteiger partial charge on any atom is 0.334 e. The molecule has 1 aromatic rings. The van der Waals surface area contributed by atoms with Crippen LogP contribution in [0.4, 0.5) is 0 Å². The van der Waals surface area contributed by atoms with Gasteiger partial charge in [0.25, 0.3) is 17.5 Å². The van der Waals surface area contributed by atoms with Gasteiger partial charge in [0.1, 0.15) is 11.1 Å². The third-order valence-corrected chi connectivity index (χ3v) is 5.44. The van der Waals surface area contributed by atoms with E-state index < -0.39 is 40.7 Å². The van der Waals surface area contributed by atoms with E-state index in [1.54, 1.807) is 30.3 Å². The quantitative estimate of drug-likeness (QED) is 0.383. The Labute approximate surface area is 152 Å². The molecule has 0 radical (unpaired) electrons. The number of amides is 2. The number of benzene rings is 1. The molecule has 0 spiro atoms. The summed E-state index contributed by atoms with van der Waals surface area (Å²) < 4.78 is 10.6. The van der Waals surface area contributed by atoms with Crippen LogP contribution in [-0.4, -0.2) is 70.2 Å².